The van der Waals surface area contributed by atoms with Crippen molar-refractivity contribution in [3.05, 3.63) is 34.3 Å². The molecule has 0 saturated carbocycles. The minimum atomic E-state index is -0.485. The Labute approximate surface area is 130 Å². The molecule has 1 amide bonds. The Kier molecular flexibility index (Phi) is 4.55. The summed E-state index contributed by atoms with van der Waals surface area (Å²) in [7, 11) is 0. The molecule has 1 fully saturated rings. The molecule has 0 unspecified atom stereocenters. The second kappa shape index (κ2) is 6.05. The van der Waals surface area contributed by atoms with E-state index < -0.39 is 5.54 Å². The monoisotopic (exact) mass is 305 g/mol. The van der Waals surface area contributed by atoms with Crippen LogP contribution in [0.4, 0.5) is 0 Å². The summed E-state index contributed by atoms with van der Waals surface area (Å²) in [6, 6.07) is 7.72. The van der Waals surface area contributed by atoms with Crippen LogP contribution in [-0.4, -0.2) is 47.4 Å². The van der Waals surface area contributed by atoms with Gasteiger partial charge in [0.15, 0.2) is 0 Å². The Bertz CT molecular complexity index is 584. The number of carbonyl (C=O) groups is 1. The number of carbonyl (C=O) groups excluding carboxylic acids is 1. The first-order chi connectivity index (χ1) is 9.86. The maximum atomic E-state index is 12.6. The Morgan fingerprint density at radius 1 is 1.29 bits per heavy atom. The highest BCUT2D eigenvalue weighted by molar-refractivity contribution is 6.31. The number of benzene rings is 1. The summed E-state index contributed by atoms with van der Waals surface area (Å²) in [5, 5.41) is 9.80. The van der Waals surface area contributed by atoms with Crippen molar-refractivity contribution < 1.29 is 4.79 Å². The molecule has 1 aliphatic rings. The highest BCUT2D eigenvalue weighted by atomic mass is 35.5. The molecule has 0 aliphatic carbocycles. The molecule has 21 heavy (non-hydrogen) atoms. The van der Waals surface area contributed by atoms with E-state index in [1.165, 1.54) is 0 Å². The zero-order valence-corrected chi connectivity index (χ0v) is 13.4. The highest BCUT2D eigenvalue weighted by Gasteiger charge is 2.31. The second-order valence-electron chi connectivity index (χ2n) is 5.86. The maximum Gasteiger partial charge on any atom is 0.254 e. The Morgan fingerprint density at radius 3 is 2.48 bits per heavy atom. The molecule has 5 heteroatoms. The normalized spacial score (nSPS) is 16.6. The standard InChI is InChI=1S/C16H20ClN3O/c1-12-13(5-4-6-14(12)17)15(21)19-7-9-20(10-8-19)16(2,3)11-18/h4-6H,7-10H2,1-3H3. The van der Waals surface area contributed by atoms with Crippen LogP contribution in [0, 0.1) is 18.3 Å². The van der Waals surface area contributed by atoms with Crippen LogP contribution in [0.3, 0.4) is 0 Å². The van der Waals surface area contributed by atoms with Gasteiger partial charge in [0.2, 0.25) is 0 Å². The topological polar surface area (TPSA) is 47.3 Å². The molecule has 0 aromatic heterocycles. The molecule has 1 aromatic carbocycles. The third-order valence-corrected chi connectivity index (χ3v) is 4.54. The van der Waals surface area contributed by atoms with Crippen LogP contribution in [0.5, 0.6) is 0 Å². The van der Waals surface area contributed by atoms with E-state index in [-0.39, 0.29) is 5.91 Å². The van der Waals surface area contributed by atoms with Gasteiger partial charge in [0.25, 0.3) is 5.91 Å². The molecule has 0 N–H and O–H groups in total. The smallest absolute Gasteiger partial charge is 0.254 e. The number of rotatable bonds is 2. The van der Waals surface area contributed by atoms with Crippen LogP contribution in [0.1, 0.15) is 29.8 Å². The third kappa shape index (κ3) is 3.20. The lowest BCUT2D eigenvalue weighted by Crippen LogP contribution is -2.55. The van der Waals surface area contributed by atoms with Gasteiger partial charge in [-0.1, -0.05) is 17.7 Å². The van der Waals surface area contributed by atoms with E-state index in [1.807, 2.05) is 31.7 Å². The lowest BCUT2D eigenvalue weighted by Gasteiger charge is -2.40. The van der Waals surface area contributed by atoms with Crippen molar-refractivity contribution in [3.8, 4) is 6.07 Å². The lowest BCUT2D eigenvalue weighted by atomic mass is 10.0. The minimum absolute atomic E-state index is 0.0180. The predicted octanol–water partition coefficient (Wildman–Crippen LogP) is 2.71. The molecule has 0 radical (unpaired) electrons. The van der Waals surface area contributed by atoms with Gasteiger partial charge in [-0.05, 0) is 38.5 Å². The molecule has 112 valence electrons. The lowest BCUT2D eigenvalue weighted by molar-refractivity contribution is 0.0520. The van der Waals surface area contributed by atoms with Gasteiger partial charge in [-0.2, -0.15) is 5.26 Å². The number of hydrogen-bond acceptors (Lipinski definition) is 3. The fourth-order valence-corrected chi connectivity index (χ4v) is 2.72. The van der Waals surface area contributed by atoms with E-state index in [9.17, 15) is 10.1 Å². The summed E-state index contributed by atoms with van der Waals surface area (Å²) in [5.41, 5.74) is 1.00. The van der Waals surface area contributed by atoms with Gasteiger partial charge in [0, 0.05) is 36.8 Å². The fraction of sp³-hybridized carbons (Fsp3) is 0.500. The van der Waals surface area contributed by atoms with Crippen LogP contribution in [0.2, 0.25) is 5.02 Å². The van der Waals surface area contributed by atoms with Crippen LogP contribution < -0.4 is 0 Å². The molecule has 2 rings (SSSR count). The summed E-state index contributed by atoms with van der Waals surface area (Å²) in [6.45, 7) is 8.38. The molecule has 0 bridgehead atoms. The highest BCUT2D eigenvalue weighted by Crippen LogP contribution is 2.22. The number of nitriles is 1. The quantitative estimate of drug-likeness (QED) is 0.844. The maximum absolute atomic E-state index is 12.6. The number of nitrogens with zero attached hydrogens (tertiary/aromatic N) is 3. The summed E-state index contributed by atoms with van der Waals surface area (Å²) in [4.78, 5) is 16.5. The molecule has 1 aliphatic heterocycles. The predicted molar refractivity (Wildman–Crippen MR) is 83.4 cm³/mol. The van der Waals surface area contributed by atoms with E-state index in [2.05, 4.69) is 11.0 Å². The Balaban J connectivity index is 2.08. The Morgan fingerprint density at radius 2 is 1.90 bits per heavy atom. The van der Waals surface area contributed by atoms with Gasteiger partial charge >= 0.3 is 0 Å². The van der Waals surface area contributed by atoms with Gasteiger partial charge in [-0.15, -0.1) is 0 Å². The third-order valence-electron chi connectivity index (χ3n) is 4.13. The van der Waals surface area contributed by atoms with E-state index in [4.69, 9.17) is 11.6 Å². The van der Waals surface area contributed by atoms with E-state index in [0.717, 1.165) is 5.56 Å². The number of hydrogen-bond donors (Lipinski definition) is 0. The van der Waals surface area contributed by atoms with Gasteiger partial charge < -0.3 is 4.90 Å². The molecule has 1 saturated heterocycles. The van der Waals surface area contributed by atoms with E-state index in [1.54, 1.807) is 12.1 Å². The molecular weight excluding hydrogens is 286 g/mol. The van der Waals surface area contributed by atoms with Gasteiger partial charge in [0.05, 0.1) is 6.07 Å². The minimum Gasteiger partial charge on any atom is -0.336 e. The Hall–Kier alpha value is -1.57. The van der Waals surface area contributed by atoms with Crippen LogP contribution in [0.15, 0.2) is 18.2 Å². The number of halogens is 1. The van der Waals surface area contributed by atoms with Gasteiger partial charge in [0.1, 0.15) is 5.54 Å². The van der Waals surface area contributed by atoms with Crippen molar-refractivity contribution in [3.63, 3.8) is 0 Å². The van der Waals surface area contributed by atoms with Crippen molar-refractivity contribution in [1.82, 2.24) is 9.80 Å². The number of piperazine rings is 1. The van der Waals surface area contributed by atoms with E-state index in [0.29, 0.717) is 36.8 Å². The summed E-state index contributed by atoms with van der Waals surface area (Å²) in [6.07, 6.45) is 0. The molecule has 0 atom stereocenters. The average Bonchev–Trinajstić information content (AvgIpc) is 2.49. The first-order valence-electron chi connectivity index (χ1n) is 7.07. The van der Waals surface area contributed by atoms with Crippen molar-refractivity contribution in [2.75, 3.05) is 26.2 Å². The molecular formula is C16H20ClN3O. The largest absolute Gasteiger partial charge is 0.336 e. The second-order valence-corrected chi connectivity index (χ2v) is 6.27. The van der Waals surface area contributed by atoms with Crippen molar-refractivity contribution >= 4 is 17.5 Å². The van der Waals surface area contributed by atoms with Gasteiger partial charge in [-0.3, -0.25) is 9.69 Å². The average molecular weight is 306 g/mol. The van der Waals surface area contributed by atoms with Crippen LogP contribution >= 0.6 is 11.6 Å². The SMILES string of the molecule is Cc1c(Cl)cccc1C(=O)N1CCN(C(C)(C)C#N)CC1. The molecule has 1 heterocycles. The first kappa shape index (κ1) is 15.8. The zero-order valence-electron chi connectivity index (χ0n) is 12.7. The fourth-order valence-electron chi connectivity index (χ4n) is 2.55. The molecule has 1 aromatic rings. The van der Waals surface area contributed by atoms with Crippen molar-refractivity contribution in [1.29, 1.82) is 5.26 Å². The van der Waals surface area contributed by atoms with Crippen molar-refractivity contribution in [2.45, 2.75) is 26.3 Å². The van der Waals surface area contributed by atoms with Crippen LogP contribution in [0.25, 0.3) is 0 Å². The molecule has 0 spiro atoms. The van der Waals surface area contributed by atoms with Gasteiger partial charge in [-0.25, -0.2) is 0 Å². The van der Waals surface area contributed by atoms with Crippen LogP contribution in [-0.2, 0) is 0 Å². The summed E-state index contributed by atoms with van der Waals surface area (Å²) < 4.78 is 0. The molecule has 4 nitrogen and oxygen atoms in total. The number of amides is 1. The summed E-state index contributed by atoms with van der Waals surface area (Å²) >= 11 is 6.08. The first-order valence-corrected chi connectivity index (χ1v) is 7.45. The zero-order chi connectivity index (χ0) is 15.6. The van der Waals surface area contributed by atoms with Crippen molar-refractivity contribution in [2.24, 2.45) is 0 Å². The summed E-state index contributed by atoms with van der Waals surface area (Å²) in [5.74, 6) is 0.0180. The van der Waals surface area contributed by atoms with E-state index >= 15 is 0 Å².